The molecule has 2 aromatic rings. The van der Waals surface area contributed by atoms with E-state index in [0.29, 0.717) is 4.88 Å². The predicted molar refractivity (Wildman–Crippen MR) is 86.4 cm³/mol. The lowest BCUT2D eigenvalue weighted by Crippen LogP contribution is -2.46. The summed E-state index contributed by atoms with van der Waals surface area (Å²) in [6, 6.07) is 5.61. The Morgan fingerprint density at radius 3 is 2.50 bits per heavy atom. The van der Waals surface area contributed by atoms with Crippen LogP contribution in [-0.2, 0) is 9.53 Å². The van der Waals surface area contributed by atoms with E-state index >= 15 is 0 Å². The van der Waals surface area contributed by atoms with Crippen molar-refractivity contribution in [3.8, 4) is 5.69 Å². The van der Waals surface area contributed by atoms with Crippen molar-refractivity contribution in [2.45, 2.75) is 39.3 Å². The van der Waals surface area contributed by atoms with Crippen LogP contribution in [0, 0.1) is 0 Å². The minimum atomic E-state index is -0.841. The van der Waals surface area contributed by atoms with Crippen LogP contribution in [0.3, 0.4) is 0 Å². The molecule has 0 bridgehead atoms. The third kappa shape index (κ3) is 3.98. The second-order valence-corrected chi connectivity index (χ2v) is 6.93. The topological polar surface area (TPSA) is 60.3 Å². The summed E-state index contributed by atoms with van der Waals surface area (Å²) in [5.41, 5.74) is 0.389. The van der Waals surface area contributed by atoms with E-state index in [0.717, 1.165) is 5.69 Å². The number of amides is 1. The number of thiophene rings is 1. The van der Waals surface area contributed by atoms with Gasteiger partial charge in [-0.2, -0.15) is 0 Å². The Hall–Kier alpha value is -2.08. The molecule has 0 fully saturated rings. The van der Waals surface area contributed by atoms with Gasteiger partial charge in [0.1, 0.15) is 4.88 Å². The first kappa shape index (κ1) is 16.3. The number of hydrogen-bond acceptors (Lipinski definition) is 4. The van der Waals surface area contributed by atoms with Gasteiger partial charge in [0, 0.05) is 17.9 Å². The van der Waals surface area contributed by atoms with Crippen molar-refractivity contribution in [2.75, 3.05) is 0 Å². The highest BCUT2D eigenvalue weighted by Gasteiger charge is 2.24. The second kappa shape index (κ2) is 6.36. The highest BCUT2D eigenvalue weighted by atomic mass is 32.1. The molecule has 0 saturated carbocycles. The lowest BCUT2D eigenvalue weighted by atomic mass is 10.1. The molecule has 6 heteroatoms. The number of hydrogen-bond donors (Lipinski definition) is 1. The van der Waals surface area contributed by atoms with Gasteiger partial charge in [-0.05, 0) is 51.3 Å². The molecule has 2 rings (SSSR count). The van der Waals surface area contributed by atoms with Gasteiger partial charge in [0.2, 0.25) is 0 Å². The number of ether oxygens (including phenoxy) is 1. The monoisotopic (exact) mass is 320 g/mol. The Morgan fingerprint density at radius 1 is 1.27 bits per heavy atom. The average molecular weight is 320 g/mol. The van der Waals surface area contributed by atoms with Crippen molar-refractivity contribution in [1.82, 2.24) is 9.88 Å². The molecule has 1 unspecified atom stereocenters. The summed E-state index contributed by atoms with van der Waals surface area (Å²) in [4.78, 5) is 24.8. The summed E-state index contributed by atoms with van der Waals surface area (Å²) >= 11 is 1.30. The zero-order valence-corrected chi connectivity index (χ0v) is 13.9. The van der Waals surface area contributed by atoms with Crippen LogP contribution < -0.4 is 5.32 Å². The van der Waals surface area contributed by atoms with Crippen LogP contribution in [0.2, 0.25) is 0 Å². The first-order valence-electron chi connectivity index (χ1n) is 7.02. The highest BCUT2D eigenvalue weighted by molar-refractivity contribution is 7.12. The van der Waals surface area contributed by atoms with Crippen molar-refractivity contribution >= 4 is 23.2 Å². The van der Waals surface area contributed by atoms with Crippen LogP contribution in [0.4, 0.5) is 0 Å². The van der Waals surface area contributed by atoms with Gasteiger partial charge >= 0.3 is 5.97 Å². The van der Waals surface area contributed by atoms with E-state index in [1.165, 1.54) is 11.3 Å². The summed E-state index contributed by atoms with van der Waals surface area (Å²) in [6.45, 7) is 7.20. The molecule has 1 atom stereocenters. The van der Waals surface area contributed by atoms with Crippen LogP contribution >= 0.6 is 11.3 Å². The van der Waals surface area contributed by atoms with E-state index in [1.54, 1.807) is 6.92 Å². The third-order valence-electron chi connectivity index (χ3n) is 2.86. The Balaban J connectivity index is 2.07. The summed E-state index contributed by atoms with van der Waals surface area (Å²) < 4.78 is 7.13. The number of aromatic nitrogens is 1. The number of nitrogens with one attached hydrogen (secondary N) is 1. The maximum Gasteiger partial charge on any atom is 0.351 e. The van der Waals surface area contributed by atoms with Crippen molar-refractivity contribution in [3.05, 3.63) is 40.8 Å². The molecule has 0 aliphatic carbocycles. The number of nitrogens with zero attached hydrogens (tertiary/aromatic N) is 1. The molecule has 2 aromatic heterocycles. The van der Waals surface area contributed by atoms with E-state index in [-0.39, 0.29) is 11.4 Å². The lowest BCUT2D eigenvalue weighted by Gasteiger charge is -2.23. The van der Waals surface area contributed by atoms with Crippen LogP contribution in [0.25, 0.3) is 5.69 Å². The minimum Gasteiger partial charge on any atom is -0.448 e. The molecular formula is C16H20N2O3S. The van der Waals surface area contributed by atoms with Crippen LogP contribution in [0.1, 0.15) is 37.4 Å². The van der Waals surface area contributed by atoms with Gasteiger partial charge < -0.3 is 14.6 Å². The maximum absolute atomic E-state index is 12.3. The lowest BCUT2D eigenvalue weighted by molar-refractivity contribution is -0.130. The van der Waals surface area contributed by atoms with E-state index in [4.69, 9.17) is 4.74 Å². The number of carbonyl (C=O) groups excluding carboxylic acids is 2. The molecule has 1 amide bonds. The fraction of sp³-hybridized carbons (Fsp3) is 0.375. The SMILES string of the molecule is CC(OC(=O)c1sccc1-n1cccc1)C(=O)NC(C)(C)C. The fourth-order valence-corrected chi connectivity index (χ4v) is 2.66. The van der Waals surface area contributed by atoms with Crippen molar-refractivity contribution < 1.29 is 14.3 Å². The molecule has 0 saturated heterocycles. The van der Waals surface area contributed by atoms with Crippen LogP contribution in [0.5, 0.6) is 0 Å². The normalized spacial score (nSPS) is 12.7. The highest BCUT2D eigenvalue weighted by Crippen LogP contribution is 2.22. The number of rotatable bonds is 4. The molecule has 0 radical (unpaired) electrons. The van der Waals surface area contributed by atoms with Gasteiger partial charge in [0.05, 0.1) is 5.69 Å². The van der Waals surface area contributed by atoms with Gasteiger partial charge in [-0.3, -0.25) is 4.79 Å². The van der Waals surface area contributed by atoms with Crippen molar-refractivity contribution in [1.29, 1.82) is 0 Å². The second-order valence-electron chi connectivity index (χ2n) is 6.01. The first-order chi connectivity index (χ1) is 10.3. The molecule has 5 nitrogen and oxygen atoms in total. The van der Waals surface area contributed by atoms with Gasteiger partial charge in [0.25, 0.3) is 5.91 Å². The Morgan fingerprint density at radius 2 is 1.91 bits per heavy atom. The molecule has 118 valence electrons. The minimum absolute atomic E-state index is 0.306. The molecule has 2 heterocycles. The zero-order valence-electron chi connectivity index (χ0n) is 13.1. The predicted octanol–water partition coefficient (Wildman–Crippen LogP) is 3.00. The Labute approximate surface area is 133 Å². The third-order valence-corrected chi connectivity index (χ3v) is 3.75. The molecule has 0 aromatic carbocycles. The van der Waals surface area contributed by atoms with E-state index in [2.05, 4.69) is 5.32 Å². The molecule has 0 aliphatic heterocycles. The molecule has 0 spiro atoms. The maximum atomic E-state index is 12.3. The van der Waals surface area contributed by atoms with E-state index < -0.39 is 12.1 Å². The standard InChI is InChI=1S/C16H20N2O3S/c1-11(14(19)17-16(2,3)4)21-15(20)13-12(7-10-22-13)18-8-5-6-9-18/h5-11H,1-4H3,(H,17,19). The first-order valence-corrected chi connectivity index (χ1v) is 7.90. The Bertz CT molecular complexity index is 653. The van der Waals surface area contributed by atoms with E-state index in [1.807, 2.05) is 61.3 Å². The Kier molecular flexibility index (Phi) is 4.71. The van der Waals surface area contributed by atoms with Gasteiger partial charge in [-0.1, -0.05) is 0 Å². The van der Waals surface area contributed by atoms with Crippen molar-refractivity contribution in [3.63, 3.8) is 0 Å². The van der Waals surface area contributed by atoms with Gasteiger partial charge in [-0.15, -0.1) is 11.3 Å². The van der Waals surface area contributed by atoms with Crippen molar-refractivity contribution in [2.24, 2.45) is 0 Å². The number of carbonyl (C=O) groups is 2. The summed E-state index contributed by atoms with van der Waals surface area (Å²) in [6.07, 6.45) is 2.87. The largest absolute Gasteiger partial charge is 0.448 e. The van der Waals surface area contributed by atoms with Crippen LogP contribution in [-0.4, -0.2) is 28.1 Å². The quantitative estimate of drug-likeness (QED) is 0.881. The van der Waals surface area contributed by atoms with Gasteiger partial charge in [0.15, 0.2) is 6.10 Å². The van der Waals surface area contributed by atoms with Crippen LogP contribution in [0.15, 0.2) is 36.0 Å². The summed E-state index contributed by atoms with van der Waals surface area (Å²) in [5.74, 6) is -0.796. The van der Waals surface area contributed by atoms with Gasteiger partial charge in [-0.25, -0.2) is 4.79 Å². The molecule has 1 N–H and O–H groups in total. The molecular weight excluding hydrogens is 300 g/mol. The van der Waals surface area contributed by atoms with E-state index in [9.17, 15) is 9.59 Å². The average Bonchev–Trinajstić information content (AvgIpc) is 3.07. The summed E-state index contributed by atoms with van der Waals surface area (Å²) in [7, 11) is 0. The smallest absolute Gasteiger partial charge is 0.351 e. The molecule has 0 aliphatic rings. The fourth-order valence-electron chi connectivity index (χ4n) is 1.89. The number of esters is 1. The zero-order chi connectivity index (χ0) is 16.3. The summed E-state index contributed by atoms with van der Waals surface area (Å²) in [5, 5.41) is 4.62. The molecule has 22 heavy (non-hydrogen) atoms.